The Morgan fingerprint density at radius 2 is 2.17 bits per heavy atom. The van der Waals surface area contributed by atoms with Crippen LogP contribution in [-0.4, -0.2) is 29.8 Å². The van der Waals surface area contributed by atoms with Gasteiger partial charge in [-0.2, -0.15) is 5.26 Å². The monoisotopic (exact) mass is 325 g/mol. The zero-order chi connectivity index (χ0) is 17.0. The van der Waals surface area contributed by atoms with E-state index in [1.807, 2.05) is 6.07 Å². The number of halogens is 1. The van der Waals surface area contributed by atoms with Crippen molar-refractivity contribution in [1.82, 2.24) is 4.98 Å². The van der Waals surface area contributed by atoms with Gasteiger partial charge in [-0.15, -0.1) is 0 Å². The summed E-state index contributed by atoms with van der Waals surface area (Å²) in [6.45, 7) is 1.41. The molecule has 2 heterocycles. The molecule has 124 valence electrons. The van der Waals surface area contributed by atoms with E-state index in [9.17, 15) is 9.50 Å². The largest absolute Gasteiger partial charge is 0.396 e. The van der Waals surface area contributed by atoms with Gasteiger partial charge in [0.15, 0.2) is 0 Å². The Morgan fingerprint density at radius 1 is 1.33 bits per heavy atom. The highest BCUT2D eigenvalue weighted by molar-refractivity contribution is 5.45. The van der Waals surface area contributed by atoms with Crippen molar-refractivity contribution in [2.45, 2.75) is 19.3 Å². The van der Waals surface area contributed by atoms with E-state index < -0.39 is 5.41 Å². The number of rotatable bonds is 4. The van der Waals surface area contributed by atoms with Crippen LogP contribution in [-0.2, 0) is 6.42 Å². The smallest absolute Gasteiger partial charge is 0.129 e. The van der Waals surface area contributed by atoms with Gasteiger partial charge in [-0.1, -0.05) is 18.2 Å². The van der Waals surface area contributed by atoms with Crippen LogP contribution >= 0.6 is 0 Å². The molecule has 3 rings (SSSR count). The first-order valence-corrected chi connectivity index (χ1v) is 8.11. The Morgan fingerprint density at radius 3 is 2.92 bits per heavy atom. The second-order valence-corrected chi connectivity index (χ2v) is 6.47. The maximum atomic E-state index is 14.0. The molecule has 1 aromatic carbocycles. The summed E-state index contributed by atoms with van der Waals surface area (Å²) in [7, 11) is 0. The second-order valence-electron chi connectivity index (χ2n) is 6.47. The summed E-state index contributed by atoms with van der Waals surface area (Å²) >= 11 is 0. The summed E-state index contributed by atoms with van der Waals surface area (Å²) in [6, 6.07) is 12.3. The van der Waals surface area contributed by atoms with Crippen molar-refractivity contribution in [3.8, 4) is 6.07 Å². The standard InChI is InChI=1S/C19H20FN3O/c20-17-5-2-1-4-16(17)11-19(14-24)7-3-9-23(13-19)18-10-15(12-21)6-8-22-18/h1-2,4-6,8,10,24H,3,7,9,11,13-14H2/t19-/m1/s1. The van der Waals surface area contributed by atoms with E-state index >= 15 is 0 Å². The Kier molecular flexibility index (Phi) is 4.77. The Bertz CT molecular complexity index is 758. The number of anilines is 1. The first kappa shape index (κ1) is 16.4. The zero-order valence-electron chi connectivity index (χ0n) is 13.5. The van der Waals surface area contributed by atoms with E-state index in [1.165, 1.54) is 6.07 Å². The van der Waals surface area contributed by atoms with Gasteiger partial charge in [0.1, 0.15) is 11.6 Å². The van der Waals surface area contributed by atoms with Crippen molar-refractivity contribution in [3.63, 3.8) is 0 Å². The molecule has 0 radical (unpaired) electrons. The van der Waals surface area contributed by atoms with Gasteiger partial charge in [0.05, 0.1) is 18.2 Å². The highest BCUT2D eigenvalue weighted by Crippen LogP contribution is 2.35. The number of hydrogen-bond acceptors (Lipinski definition) is 4. The molecule has 0 spiro atoms. The highest BCUT2D eigenvalue weighted by atomic mass is 19.1. The van der Waals surface area contributed by atoms with Gasteiger partial charge >= 0.3 is 0 Å². The number of nitrogens with zero attached hydrogens (tertiary/aromatic N) is 3. The summed E-state index contributed by atoms with van der Waals surface area (Å²) in [5.74, 6) is 0.507. The zero-order valence-corrected chi connectivity index (χ0v) is 13.5. The van der Waals surface area contributed by atoms with Crippen molar-refractivity contribution < 1.29 is 9.50 Å². The van der Waals surface area contributed by atoms with E-state index in [4.69, 9.17) is 5.26 Å². The lowest BCUT2D eigenvalue weighted by Crippen LogP contribution is -2.47. The topological polar surface area (TPSA) is 60.2 Å². The fourth-order valence-electron chi connectivity index (χ4n) is 3.44. The summed E-state index contributed by atoms with van der Waals surface area (Å²) in [4.78, 5) is 6.44. The quantitative estimate of drug-likeness (QED) is 0.939. The first-order valence-electron chi connectivity index (χ1n) is 8.11. The summed E-state index contributed by atoms with van der Waals surface area (Å²) in [5, 5.41) is 19.1. The lowest BCUT2D eigenvalue weighted by Gasteiger charge is -2.42. The molecule has 1 N–H and O–H groups in total. The van der Waals surface area contributed by atoms with Gasteiger partial charge in [0.2, 0.25) is 0 Å². The molecular weight excluding hydrogens is 305 g/mol. The second kappa shape index (κ2) is 6.98. The maximum Gasteiger partial charge on any atom is 0.129 e. The first-order chi connectivity index (χ1) is 11.7. The fourth-order valence-corrected chi connectivity index (χ4v) is 3.44. The molecule has 2 aromatic rings. The third-order valence-electron chi connectivity index (χ3n) is 4.72. The van der Waals surface area contributed by atoms with E-state index in [-0.39, 0.29) is 12.4 Å². The normalized spacial score (nSPS) is 20.6. The van der Waals surface area contributed by atoms with Crippen LogP contribution in [0.3, 0.4) is 0 Å². The summed E-state index contributed by atoms with van der Waals surface area (Å²) in [5.41, 5.74) is 0.798. The van der Waals surface area contributed by atoms with E-state index in [2.05, 4.69) is 16.0 Å². The SMILES string of the molecule is N#Cc1ccnc(N2CCC[C@@](CO)(Cc3ccccc3F)C2)c1. The Hall–Kier alpha value is -2.45. The van der Waals surface area contributed by atoms with Crippen LogP contribution in [0.5, 0.6) is 0 Å². The minimum absolute atomic E-state index is 0.00419. The van der Waals surface area contributed by atoms with Crippen molar-refractivity contribution >= 4 is 5.82 Å². The van der Waals surface area contributed by atoms with Gasteiger partial charge in [-0.05, 0) is 43.0 Å². The molecule has 0 aliphatic carbocycles. The highest BCUT2D eigenvalue weighted by Gasteiger charge is 2.36. The van der Waals surface area contributed by atoms with Crippen LogP contribution in [0.15, 0.2) is 42.6 Å². The molecule has 1 aliphatic heterocycles. The number of benzene rings is 1. The average molecular weight is 325 g/mol. The van der Waals surface area contributed by atoms with Crippen LogP contribution in [0.25, 0.3) is 0 Å². The Balaban J connectivity index is 1.84. The summed E-state index contributed by atoms with van der Waals surface area (Å²) in [6.07, 6.45) is 3.85. The van der Waals surface area contributed by atoms with Gasteiger partial charge in [0, 0.05) is 24.7 Å². The molecule has 1 atom stereocenters. The number of piperidine rings is 1. The van der Waals surface area contributed by atoms with Crippen LogP contribution in [0.1, 0.15) is 24.0 Å². The van der Waals surface area contributed by atoms with E-state index in [0.29, 0.717) is 24.1 Å². The molecule has 1 fully saturated rings. The van der Waals surface area contributed by atoms with Gasteiger partial charge in [-0.25, -0.2) is 9.37 Å². The number of aliphatic hydroxyl groups is 1. The third-order valence-corrected chi connectivity index (χ3v) is 4.72. The van der Waals surface area contributed by atoms with Gasteiger partial charge in [-0.3, -0.25) is 0 Å². The van der Waals surface area contributed by atoms with E-state index in [1.54, 1.807) is 30.5 Å². The minimum atomic E-state index is -0.398. The molecule has 4 nitrogen and oxygen atoms in total. The number of hydrogen-bond donors (Lipinski definition) is 1. The average Bonchev–Trinajstić information content (AvgIpc) is 2.64. The molecule has 1 aliphatic rings. The molecule has 0 bridgehead atoms. The van der Waals surface area contributed by atoms with Crippen molar-refractivity contribution in [3.05, 3.63) is 59.5 Å². The molecule has 0 saturated carbocycles. The van der Waals surface area contributed by atoms with Gasteiger partial charge < -0.3 is 10.0 Å². The number of pyridine rings is 1. The van der Waals surface area contributed by atoms with Crippen LogP contribution in [0, 0.1) is 22.6 Å². The lowest BCUT2D eigenvalue weighted by atomic mass is 9.75. The van der Waals surface area contributed by atoms with Gasteiger partial charge in [0.25, 0.3) is 0 Å². The molecule has 24 heavy (non-hydrogen) atoms. The Labute approximate surface area is 141 Å². The molecule has 5 heteroatoms. The van der Waals surface area contributed by atoms with E-state index in [0.717, 1.165) is 25.2 Å². The molecular formula is C19H20FN3O. The maximum absolute atomic E-state index is 14.0. The van der Waals surface area contributed by atoms with Crippen LogP contribution < -0.4 is 4.90 Å². The minimum Gasteiger partial charge on any atom is -0.396 e. The third kappa shape index (κ3) is 3.39. The van der Waals surface area contributed by atoms with Crippen molar-refractivity contribution in [2.75, 3.05) is 24.6 Å². The summed E-state index contributed by atoms with van der Waals surface area (Å²) < 4.78 is 14.0. The predicted octanol–water partition coefficient (Wildman–Crippen LogP) is 2.91. The van der Waals surface area contributed by atoms with Crippen LogP contribution in [0.2, 0.25) is 0 Å². The van der Waals surface area contributed by atoms with Crippen molar-refractivity contribution in [1.29, 1.82) is 5.26 Å². The van der Waals surface area contributed by atoms with Crippen LogP contribution in [0.4, 0.5) is 10.2 Å². The molecule has 1 aromatic heterocycles. The molecule has 1 saturated heterocycles. The fraction of sp³-hybridized carbons (Fsp3) is 0.368. The molecule has 0 amide bonds. The lowest BCUT2D eigenvalue weighted by molar-refractivity contribution is 0.104. The number of aromatic nitrogens is 1. The number of nitriles is 1. The molecule has 0 unspecified atom stereocenters. The predicted molar refractivity (Wildman–Crippen MR) is 90.0 cm³/mol. The number of aliphatic hydroxyl groups excluding tert-OH is 1. The van der Waals surface area contributed by atoms with Crippen molar-refractivity contribution in [2.24, 2.45) is 5.41 Å².